The summed E-state index contributed by atoms with van der Waals surface area (Å²) in [6.07, 6.45) is 0. The molecule has 138 valence electrons. The molecule has 1 aliphatic heterocycles. The van der Waals surface area contributed by atoms with Gasteiger partial charge in [-0.25, -0.2) is 9.97 Å². The number of aromatic nitrogens is 4. The number of nitrogens with zero attached hydrogens (tertiary/aromatic N) is 6. The second-order valence-electron chi connectivity index (χ2n) is 6.79. The number of para-hydroxylation sites is 1. The second-order valence-corrected chi connectivity index (χ2v) is 8.59. The minimum absolute atomic E-state index is 0.766. The molecule has 0 atom stereocenters. The van der Waals surface area contributed by atoms with Crippen LogP contribution in [-0.2, 0) is 6.54 Å². The SMILES string of the molecule is Cc1nc2c3ccccc3nc(N3CCN(Cc4ccc(Cl)s4)CC3)n2n1. The molecular weight excluding hydrogens is 380 g/mol. The molecule has 0 spiro atoms. The Morgan fingerprint density at radius 3 is 2.63 bits per heavy atom. The summed E-state index contributed by atoms with van der Waals surface area (Å²) in [4.78, 5) is 15.6. The number of halogens is 1. The van der Waals surface area contributed by atoms with Gasteiger partial charge in [-0.2, -0.15) is 4.52 Å². The van der Waals surface area contributed by atoms with Crippen LogP contribution >= 0.6 is 22.9 Å². The van der Waals surface area contributed by atoms with Crippen LogP contribution in [0.15, 0.2) is 36.4 Å². The average molecular weight is 399 g/mol. The predicted molar refractivity (Wildman–Crippen MR) is 110 cm³/mol. The predicted octanol–water partition coefficient (Wildman–Crippen LogP) is 3.62. The van der Waals surface area contributed by atoms with Crippen LogP contribution in [0.4, 0.5) is 5.95 Å². The number of thiophene rings is 1. The third kappa shape index (κ3) is 3.16. The van der Waals surface area contributed by atoms with E-state index in [2.05, 4.69) is 32.0 Å². The molecule has 0 saturated carbocycles. The van der Waals surface area contributed by atoms with Gasteiger partial charge in [-0.15, -0.1) is 16.4 Å². The van der Waals surface area contributed by atoms with Crippen LogP contribution in [0.25, 0.3) is 16.6 Å². The highest BCUT2D eigenvalue weighted by Crippen LogP contribution is 2.25. The van der Waals surface area contributed by atoms with Gasteiger partial charge in [-0.3, -0.25) is 4.90 Å². The summed E-state index contributed by atoms with van der Waals surface area (Å²) in [6, 6.07) is 12.2. The summed E-state index contributed by atoms with van der Waals surface area (Å²) < 4.78 is 2.75. The molecule has 1 fully saturated rings. The topological polar surface area (TPSA) is 49.6 Å². The summed E-state index contributed by atoms with van der Waals surface area (Å²) in [5, 5.41) is 5.64. The molecule has 0 unspecified atom stereocenters. The number of hydrogen-bond acceptors (Lipinski definition) is 6. The van der Waals surface area contributed by atoms with Crippen molar-refractivity contribution in [2.24, 2.45) is 0 Å². The lowest BCUT2D eigenvalue weighted by Gasteiger charge is -2.35. The first-order chi connectivity index (χ1) is 13.2. The number of aryl methyl sites for hydroxylation is 1. The van der Waals surface area contributed by atoms with E-state index in [-0.39, 0.29) is 0 Å². The quantitative estimate of drug-likeness (QED) is 0.527. The van der Waals surface area contributed by atoms with Crippen molar-refractivity contribution in [1.82, 2.24) is 24.5 Å². The molecule has 27 heavy (non-hydrogen) atoms. The van der Waals surface area contributed by atoms with Crippen molar-refractivity contribution in [2.45, 2.75) is 13.5 Å². The Labute approximate surface area is 166 Å². The third-order valence-electron chi connectivity index (χ3n) is 4.93. The molecule has 5 rings (SSSR count). The Morgan fingerprint density at radius 1 is 1.04 bits per heavy atom. The Balaban J connectivity index is 1.42. The first kappa shape index (κ1) is 16.9. The number of fused-ring (bicyclic) bond motifs is 3. The molecule has 1 aromatic carbocycles. The maximum Gasteiger partial charge on any atom is 0.229 e. The molecule has 8 heteroatoms. The molecule has 0 bridgehead atoms. The fourth-order valence-electron chi connectivity index (χ4n) is 3.61. The smallest absolute Gasteiger partial charge is 0.229 e. The first-order valence-corrected chi connectivity index (χ1v) is 10.2. The minimum Gasteiger partial charge on any atom is -0.338 e. The fourth-order valence-corrected chi connectivity index (χ4v) is 4.74. The van der Waals surface area contributed by atoms with Crippen molar-refractivity contribution in [3.05, 3.63) is 51.4 Å². The van der Waals surface area contributed by atoms with Crippen LogP contribution in [0.5, 0.6) is 0 Å². The van der Waals surface area contributed by atoms with Crippen molar-refractivity contribution in [1.29, 1.82) is 0 Å². The Hall–Kier alpha value is -2.22. The highest BCUT2D eigenvalue weighted by Gasteiger charge is 2.22. The highest BCUT2D eigenvalue weighted by molar-refractivity contribution is 7.16. The molecule has 0 aliphatic carbocycles. The number of benzene rings is 1. The standard InChI is InChI=1S/C19H19ClN6S/c1-13-21-18-15-4-2-3-5-16(15)22-19(26(18)23-13)25-10-8-24(9-11-25)12-14-6-7-17(20)27-14/h2-7H,8-12H2,1H3. The zero-order valence-corrected chi connectivity index (χ0v) is 16.5. The first-order valence-electron chi connectivity index (χ1n) is 9.01. The van der Waals surface area contributed by atoms with Gasteiger partial charge in [0.05, 0.1) is 9.85 Å². The van der Waals surface area contributed by atoms with Gasteiger partial charge in [0.15, 0.2) is 5.65 Å². The molecule has 1 aliphatic rings. The minimum atomic E-state index is 0.766. The number of anilines is 1. The monoisotopic (exact) mass is 398 g/mol. The van der Waals surface area contributed by atoms with E-state index in [0.717, 1.165) is 65.4 Å². The molecule has 6 nitrogen and oxygen atoms in total. The second kappa shape index (κ2) is 6.74. The van der Waals surface area contributed by atoms with Crippen LogP contribution in [0.2, 0.25) is 4.34 Å². The lowest BCUT2D eigenvalue weighted by molar-refractivity contribution is 0.250. The highest BCUT2D eigenvalue weighted by atomic mass is 35.5. The van der Waals surface area contributed by atoms with Gasteiger partial charge in [0.2, 0.25) is 5.95 Å². The van der Waals surface area contributed by atoms with Crippen LogP contribution in [0, 0.1) is 6.92 Å². The summed E-state index contributed by atoms with van der Waals surface area (Å²) >= 11 is 7.71. The van der Waals surface area contributed by atoms with Crippen LogP contribution in [0.3, 0.4) is 0 Å². The summed E-state index contributed by atoms with van der Waals surface area (Å²) in [7, 11) is 0. The van der Waals surface area contributed by atoms with E-state index in [1.165, 1.54) is 4.88 Å². The lowest BCUT2D eigenvalue weighted by atomic mass is 10.2. The molecule has 4 aromatic rings. The zero-order chi connectivity index (χ0) is 18.4. The Kier molecular flexibility index (Phi) is 4.22. The van der Waals surface area contributed by atoms with E-state index in [4.69, 9.17) is 16.6 Å². The number of hydrogen-bond donors (Lipinski definition) is 0. The van der Waals surface area contributed by atoms with Gasteiger partial charge in [0.1, 0.15) is 5.82 Å². The van der Waals surface area contributed by atoms with E-state index < -0.39 is 0 Å². The third-order valence-corrected chi connectivity index (χ3v) is 6.15. The van der Waals surface area contributed by atoms with Crippen molar-refractivity contribution >= 4 is 45.4 Å². The molecule has 1 saturated heterocycles. The number of piperazine rings is 1. The maximum atomic E-state index is 6.05. The molecule has 0 amide bonds. The molecule has 4 heterocycles. The van der Waals surface area contributed by atoms with Crippen molar-refractivity contribution in [3.63, 3.8) is 0 Å². The average Bonchev–Trinajstić information content (AvgIpc) is 3.27. The van der Waals surface area contributed by atoms with Crippen LogP contribution in [0.1, 0.15) is 10.7 Å². The van der Waals surface area contributed by atoms with Crippen molar-refractivity contribution in [3.8, 4) is 0 Å². The van der Waals surface area contributed by atoms with E-state index in [1.807, 2.05) is 35.7 Å². The van der Waals surface area contributed by atoms with Crippen LogP contribution in [-0.4, -0.2) is 50.7 Å². The summed E-state index contributed by atoms with van der Waals surface area (Å²) in [5.41, 5.74) is 1.84. The van der Waals surface area contributed by atoms with E-state index in [9.17, 15) is 0 Å². The molecule has 3 aromatic heterocycles. The Morgan fingerprint density at radius 2 is 1.85 bits per heavy atom. The van der Waals surface area contributed by atoms with Gasteiger partial charge in [0.25, 0.3) is 0 Å². The van der Waals surface area contributed by atoms with E-state index in [0.29, 0.717) is 0 Å². The van der Waals surface area contributed by atoms with Gasteiger partial charge in [0, 0.05) is 43.0 Å². The zero-order valence-electron chi connectivity index (χ0n) is 15.0. The summed E-state index contributed by atoms with van der Waals surface area (Å²) in [6.45, 7) is 6.68. The number of rotatable bonds is 3. The largest absolute Gasteiger partial charge is 0.338 e. The lowest BCUT2D eigenvalue weighted by Crippen LogP contribution is -2.46. The van der Waals surface area contributed by atoms with Crippen molar-refractivity contribution < 1.29 is 0 Å². The normalized spacial score (nSPS) is 15.9. The molecule has 0 radical (unpaired) electrons. The van der Waals surface area contributed by atoms with Gasteiger partial charge >= 0.3 is 0 Å². The molecular formula is C19H19ClN6S. The van der Waals surface area contributed by atoms with Crippen molar-refractivity contribution in [2.75, 3.05) is 31.1 Å². The molecule has 0 N–H and O–H groups in total. The maximum absolute atomic E-state index is 6.05. The van der Waals surface area contributed by atoms with Gasteiger partial charge in [-0.05, 0) is 31.2 Å². The summed E-state index contributed by atoms with van der Waals surface area (Å²) in [5.74, 6) is 1.64. The van der Waals surface area contributed by atoms with E-state index >= 15 is 0 Å². The Bertz CT molecular complexity index is 1110. The van der Waals surface area contributed by atoms with Crippen LogP contribution < -0.4 is 4.90 Å². The van der Waals surface area contributed by atoms with Gasteiger partial charge in [-0.1, -0.05) is 23.7 Å². The van der Waals surface area contributed by atoms with Gasteiger partial charge < -0.3 is 4.90 Å². The fraction of sp³-hybridized carbons (Fsp3) is 0.316. The van der Waals surface area contributed by atoms with E-state index in [1.54, 1.807) is 11.3 Å².